The van der Waals surface area contributed by atoms with E-state index in [1.807, 2.05) is 24.8 Å². The number of hydrogen-bond donors (Lipinski definition) is 0. The lowest BCUT2D eigenvalue weighted by atomic mass is 9.96. The maximum Gasteiger partial charge on any atom is 0.289 e. The molecule has 1 amide bonds. The number of piperidine rings is 1. The third kappa shape index (κ3) is 2.85. The Morgan fingerprint density at radius 2 is 1.68 bits per heavy atom. The van der Waals surface area contributed by atoms with Gasteiger partial charge in [0.15, 0.2) is 12.1 Å². The van der Waals surface area contributed by atoms with Crippen LogP contribution in [-0.2, 0) is 9.47 Å². The van der Waals surface area contributed by atoms with E-state index in [-0.39, 0.29) is 12.2 Å². The van der Waals surface area contributed by atoms with Crippen molar-refractivity contribution in [2.45, 2.75) is 39.9 Å². The van der Waals surface area contributed by atoms with Crippen molar-refractivity contribution in [3.05, 3.63) is 34.6 Å². The highest BCUT2D eigenvalue weighted by Crippen LogP contribution is 2.32. The summed E-state index contributed by atoms with van der Waals surface area (Å²) in [6, 6.07) is 4.13. The van der Waals surface area contributed by atoms with Gasteiger partial charge in [-0.2, -0.15) is 0 Å². The smallest absolute Gasteiger partial charge is 0.289 e. The van der Waals surface area contributed by atoms with Crippen LogP contribution >= 0.6 is 0 Å². The number of likely N-dealkylation sites (tertiary alicyclic amines) is 1. The van der Waals surface area contributed by atoms with E-state index in [0.29, 0.717) is 24.9 Å². The Labute approximate surface area is 147 Å². The predicted octanol–water partition coefficient (Wildman–Crippen LogP) is 3.58. The molecule has 1 aromatic carbocycles. The number of amides is 1. The Kier molecular flexibility index (Phi) is 4.29. The molecule has 0 saturated carbocycles. The molecule has 0 unspecified atom stereocenters. The average molecular weight is 343 g/mol. The van der Waals surface area contributed by atoms with Gasteiger partial charge in [-0.3, -0.25) is 4.79 Å². The minimum absolute atomic E-state index is 0.000733. The molecule has 5 heteroatoms. The monoisotopic (exact) mass is 343 g/mol. The molecule has 0 bridgehead atoms. The van der Waals surface area contributed by atoms with E-state index in [4.69, 9.17) is 13.9 Å². The quantitative estimate of drug-likeness (QED) is 0.836. The van der Waals surface area contributed by atoms with Crippen LogP contribution in [0, 0.1) is 26.7 Å². The molecule has 0 atom stereocenters. The van der Waals surface area contributed by atoms with Crippen molar-refractivity contribution in [1.29, 1.82) is 0 Å². The second-order valence-corrected chi connectivity index (χ2v) is 7.20. The molecule has 4 rings (SSSR count). The summed E-state index contributed by atoms with van der Waals surface area (Å²) in [5.74, 6) is 0.867. The molecule has 0 N–H and O–H groups in total. The molecule has 2 aliphatic rings. The van der Waals surface area contributed by atoms with Gasteiger partial charge >= 0.3 is 0 Å². The first-order valence-electron chi connectivity index (χ1n) is 9.08. The van der Waals surface area contributed by atoms with Crippen LogP contribution in [0.25, 0.3) is 11.0 Å². The Morgan fingerprint density at radius 1 is 1.04 bits per heavy atom. The summed E-state index contributed by atoms with van der Waals surface area (Å²) in [5.41, 5.74) is 4.00. The van der Waals surface area contributed by atoms with Gasteiger partial charge in [0.05, 0.1) is 13.2 Å². The van der Waals surface area contributed by atoms with Crippen LogP contribution in [0.3, 0.4) is 0 Å². The molecular formula is C20H25NO4. The molecule has 0 radical (unpaired) electrons. The second-order valence-electron chi connectivity index (χ2n) is 7.20. The Hall–Kier alpha value is -1.85. The molecule has 25 heavy (non-hydrogen) atoms. The summed E-state index contributed by atoms with van der Waals surface area (Å²) < 4.78 is 17.2. The van der Waals surface area contributed by atoms with E-state index >= 15 is 0 Å². The lowest BCUT2D eigenvalue weighted by molar-refractivity contribution is -0.0956. The highest BCUT2D eigenvalue weighted by molar-refractivity contribution is 6.00. The lowest BCUT2D eigenvalue weighted by Gasteiger charge is -2.33. The number of rotatable bonds is 2. The molecule has 2 saturated heterocycles. The number of fused-ring (bicyclic) bond motifs is 1. The van der Waals surface area contributed by atoms with E-state index in [2.05, 4.69) is 13.0 Å². The van der Waals surface area contributed by atoms with Crippen molar-refractivity contribution >= 4 is 16.9 Å². The third-order valence-electron chi connectivity index (χ3n) is 5.54. The Bertz CT molecular complexity index is 796. The van der Waals surface area contributed by atoms with Crippen molar-refractivity contribution in [3.8, 4) is 0 Å². The molecule has 0 spiro atoms. The SMILES string of the molecule is Cc1ccc(C)c2c(C)c(C(=O)N3CCC(C4OCCO4)CC3)oc12. The van der Waals surface area contributed by atoms with Crippen molar-refractivity contribution in [2.75, 3.05) is 26.3 Å². The molecule has 2 fully saturated rings. The summed E-state index contributed by atoms with van der Waals surface area (Å²) in [7, 11) is 0. The van der Waals surface area contributed by atoms with E-state index in [0.717, 1.165) is 53.6 Å². The lowest BCUT2D eigenvalue weighted by Crippen LogP contribution is -2.41. The van der Waals surface area contributed by atoms with Crippen LogP contribution < -0.4 is 0 Å². The number of benzene rings is 1. The van der Waals surface area contributed by atoms with E-state index < -0.39 is 0 Å². The first-order chi connectivity index (χ1) is 12.1. The van der Waals surface area contributed by atoms with Gasteiger partial charge < -0.3 is 18.8 Å². The predicted molar refractivity (Wildman–Crippen MR) is 94.7 cm³/mol. The fourth-order valence-corrected chi connectivity index (χ4v) is 4.05. The van der Waals surface area contributed by atoms with Gasteiger partial charge in [0, 0.05) is 30.0 Å². The molecule has 5 nitrogen and oxygen atoms in total. The number of hydrogen-bond acceptors (Lipinski definition) is 4. The Morgan fingerprint density at radius 3 is 2.32 bits per heavy atom. The number of carbonyl (C=O) groups excluding carboxylic acids is 1. The fourth-order valence-electron chi connectivity index (χ4n) is 4.05. The topological polar surface area (TPSA) is 51.9 Å². The summed E-state index contributed by atoms with van der Waals surface area (Å²) in [6.45, 7) is 8.87. The number of carbonyl (C=O) groups is 1. The fraction of sp³-hybridized carbons (Fsp3) is 0.550. The van der Waals surface area contributed by atoms with Gasteiger partial charge in [-0.1, -0.05) is 12.1 Å². The highest BCUT2D eigenvalue weighted by atomic mass is 16.7. The first-order valence-corrected chi connectivity index (χ1v) is 9.08. The minimum atomic E-state index is -0.0875. The molecule has 3 heterocycles. The third-order valence-corrected chi connectivity index (χ3v) is 5.54. The number of furan rings is 1. The van der Waals surface area contributed by atoms with E-state index in [1.165, 1.54) is 0 Å². The van der Waals surface area contributed by atoms with E-state index in [9.17, 15) is 4.79 Å². The van der Waals surface area contributed by atoms with Gasteiger partial charge in [0.1, 0.15) is 5.58 Å². The molecule has 1 aromatic heterocycles. The zero-order valence-corrected chi connectivity index (χ0v) is 15.1. The maximum atomic E-state index is 13.0. The normalized spacial score (nSPS) is 19.9. The molecule has 134 valence electrons. The van der Waals surface area contributed by atoms with Crippen LogP contribution in [0.15, 0.2) is 16.5 Å². The second kappa shape index (κ2) is 6.46. The van der Waals surface area contributed by atoms with Crippen LogP contribution in [0.2, 0.25) is 0 Å². The average Bonchev–Trinajstić information content (AvgIpc) is 3.27. The van der Waals surface area contributed by atoms with E-state index in [1.54, 1.807) is 0 Å². The van der Waals surface area contributed by atoms with Crippen LogP contribution in [0.5, 0.6) is 0 Å². The van der Waals surface area contributed by atoms with Gasteiger partial charge in [0.25, 0.3) is 5.91 Å². The molecule has 2 aliphatic heterocycles. The summed E-state index contributed by atoms with van der Waals surface area (Å²) in [5, 5.41) is 1.07. The van der Waals surface area contributed by atoms with Crippen LogP contribution in [0.4, 0.5) is 0 Å². The minimum Gasteiger partial charge on any atom is -0.450 e. The summed E-state index contributed by atoms with van der Waals surface area (Å²) in [6.07, 6.45) is 1.73. The van der Waals surface area contributed by atoms with Crippen molar-refractivity contribution in [1.82, 2.24) is 4.90 Å². The van der Waals surface area contributed by atoms with Crippen LogP contribution in [-0.4, -0.2) is 43.4 Å². The number of aryl methyl sites for hydroxylation is 3. The number of nitrogens with zero attached hydrogens (tertiary/aromatic N) is 1. The first kappa shape index (κ1) is 16.6. The van der Waals surface area contributed by atoms with Gasteiger partial charge in [-0.25, -0.2) is 0 Å². The maximum absolute atomic E-state index is 13.0. The summed E-state index contributed by atoms with van der Waals surface area (Å²) in [4.78, 5) is 14.9. The zero-order valence-electron chi connectivity index (χ0n) is 15.1. The number of ether oxygens (including phenoxy) is 2. The van der Waals surface area contributed by atoms with Gasteiger partial charge in [-0.15, -0.1) is 0 Å². The van der Waals surface area contributed by atoms with Gasteiger partial charge in [-0.05, 0) is 44.7 Å². The Balaban J connectivity index is 1.54. The van der Waals surface area contributed by atoms with Crippen molar-refractivity contribution in [3.63, 3.8) is 0 Å². The standard InChI is InChI=1S/C20H25NO4/c1-12-4-5-13(2)17-16(12)14(3)18(25-17)19(22)21-8-6-15(7-9-21)20-23-10-11-24-20/h4-5,15,20H,6-11H2,1-3H3. The molecule has 2 aromatic rings. The molecular weight excluding hydrogens is 318 g/mol. The van der Waals surface area contributed by atoms with Crippen molar-refractivity contribution in [2.24, 2.45) is 5.92 Å². The van der Waals surface area contributed by atoms with Gasteiger partial charge in [0.2, 0.25) is 0 Å². The largest absolute Gasteiger partial charge is 0.450 e. The van der Waals surface area contributed by atoms with Crippen molar-refractivity contribution < 1.29 is 18.7 Å². The highest BCUT2D eigenvalue weighted by Gasteiger charge is 2.33. The van der Waals surface area contributed by atoms with Crippen LogP contribution in [0.1, 0.15) is 40.1 Å². The zero-order chi connectivity index (χ0) is 17.6. The summed E-state index contributed by atoms with van der Waals surface area (Å²) >= 11 is 0. The molecule has 0 aliphatic carbocycles.